The van der Waals surface area contributed by atoms with Crippen molar-refractivity contribution in [2.75, 3.05) is 19.8 Å². The summed E-state index contributed by atoms with van der Waals surface area (Å²) in [6, 6.07) is 38.6. The maximum Gasteiger partial charge on any atom is 0.341 e. The van der Waals surface area contributed by atoms with Gasteiger partial charge in [0.1, 0.15) is 41.0 Å². The van der Waals surface area contributed by atoms with Crippen molar-refractivity contribution in [1.82, 2.24) is 9.97 Å². The fourth-order valence-electron chi connectivity index (χ4n) is 7.11. The normalized spacial score (nSPS) is 11.7. The Balaban J connectivity index is 0.000000248. The Morgan fingerprint density at radius 1 is 0.545 bits per heavy atom. The van der Waals surface area contributed by atoms with Crippen LogP contribution in [-0.4, -0.2) is 51.9 Å². The Kier molecular flexibility index (Phi) is 20.2. The van der Waals surface area contributed by atoms with Crippen molar-refractivity contribution in [1.29, 1.82) is 0 Å². The number of aryl methyl sites for hydroxylation is 2. The lowest BCUT2D eigenvalue weighted by Gasteiger charge is -2.20. The van der Waals surface area contributed by atoms with Crippen molar-refractivity contribution in [2.45, 2.75) is 98.2 Å². The number of benzene rings is 4. The minimum Gasteiger partial charge on any atom is -0.494 e. The molecule has 0 fully saturated rings. The monoisotopic (exact) mass is 916 g/mol. The molecule has 2 unspecified atom stereocenters. The molecule has 0 spiro atoms. The highest BCUT2D eigenvalue weighted by atomic mass is 35.5. The third-order valence-electron chi connectivity index (χ3n) is 10.5. The third kappa shape index (κ3) is 15.5. The molecule has 2 aromatic heterocycles. The van der Waals surface area contributed by atoms with E-state index in [4.69, 9.17) is 55.5 Å². The fraction of sp³-hybridized carbons (Fsp3) is 0.333. The van der Waals surface area contributed by atoms with E-state index in [1.54, 1.807) is 12.1 Å². The molecule has 0 aliphatic carbocycles. The Bertz CT molecular complexity index is 2440. The van der Waals surface area contributed by atoms with Crippen LogP contribution in [0.25, 0.3) is 22.5 Å². The van der Waals surface area contributed by atoms with Gasteiger partial charge in [0.15, 0.2) is 13.2 Å². The van der Waals surface area contributed by atoms with Gasteiger partial charge in [-0.25, -0.2) is 19.6 Å². The van der Waals surface area contributed by atoms with Crippen LogP contribution in [0.15, 0.2) is 121 Å². The van der Waals surface area contributed by atoms with Crippen LogP contribution >= 0.6 is 11.6 Å². The average molecular weight is 918 g/mol. The molecule has 0 saturated heterocycles. The van der Waals surface area contributed by atoms with Gasteiger partial charge in [-0.1, -0.05) is 76.4 Å². The Labute approximate surface area is 393 Å². The molecule has 0 aliphatic heterocycles. The molecular formula is C54H61ClN2O9. The molecular weight excluding hydrogens is 856 g/mol. The Hall–Kier alpha value is -6.59. The number of carbonyl (C=O) groups is 2. The number of hydrogen-bond acceptors (Lipinski definition) is 9. The maximum absolute atomic E-state index is 10.9. The first-order valence-electron chi connectivity index (χ1n) is 22.7. The molecule has 2 atom stereocenters. The van der Waals surface area contributed by atoms with Gasteiger partial charge in [-0.05, 0) is 154 Å². The second kappa shape index (κ2) is 26.4. The largest absolute Gasteiger partial charge is 0.494 e. The first-order valence-corrected chi connectivity index (χ1v) is 23.1. The summed E-state index contributed by atoms with van der Waals surface area (Å²) in [6.07, 6.45) is 6.84. The van der Waals surface area contributed by atoms with Gasteiger partial charge in [0, 0.05) is 16.1 Å². The van der Waals surface area contributed by atoms with Crippen LogP contribution < -0.4 is 23.7 Å². The van der Waals surface area contributed by atoms with Crippen molar-refractivity contribution in [3.8, 4) is 51.3 Å². The lowest BCUT2D eigenvalue weighted by atomic mass is 10.1. The molecule has 0 saturated carbocycles. The SMILES string of the molecule is CCCCC(Oc1ccc(OCC(=O)O)c(CC)c1)c1cccc(-c2ccc(Cl)cc2)n1.CCCCC(Oc1ccc(OCC(=O)O)c(CC)c1)c1cccc(-c2ccc(OCC)cc2)n1. The minimum atomic E-state index is -1.00. The zero-order chi connectivity index (χ0) is 47.3. The van der Waals surface area contributed by atoms with Crippen LogP contribution in [0.3, 0.4) is 0 Å². The molecule has 4 aromatic carbocycles. The smallest absolute Gasteiger partial charge is 0.341 e. The highest BCUT2D eigenvalue weighted by molar-refractivity contribution is 6.30. The summed E-state index contributed by atoms with van der Waals surface area (Å²) in [5.74, 6) is 1.40. The highest BCUT2D eigenvalue weighted by Crippen LogP contribution is 2.33. The number of carboxylic acids is 2. The van der Waals surface area contributed by atoms with Crippen LogP contribution in [0.2, 0.25) is 5.02 Å². The van der Waals surface area contributed by atoms with Crippen molar-refractivity contribution in [2.24, 2.45) is 0 Å². The molecule has 2 heterocycles. The van der Waals surface area contributed by atoms with Gasteiger partial charge in [-0.3, -0.25) is 0 Å². The number of hydrogen-bond donors (Lipinski definition) is 2. The summed E-state index contributed by atoms with van der Waals surface area (Å²) >= 11 is 6.02. The summed E-state index contributed by atoms with van der Waals surface area (Å²) in [4.78, 5) is 31.5. The predicted octanol–water partition coefficient (Wildman–Crippen LogP) is 13.2. The van der Waals surface area contributed by atoms with E-state index in [1.807, 2.05) is 130 Å². The topological polar surface area (TPSA) is 147 Å². The van der Waals surface area contributed by atoms with Crippen molar-refractivity contribution in [3.05, 3.63) is 149 Å². The average Bonchev–Trinajstić information content (AvgIpc) is 3.33. The summed E-state index contributed by atoms with van der Waals surface area (Å²) in [7, 11) is 0. The number of rotatable bonds is 24. The number of carboxylic acid groups (broad SMARTS) is 2. The zero-order valence-electron chi connectivity index (χ0n) is 38.5. The predicted molar refractivity (Wildman–Crippen MR) is 259 cm³/mol. The first-order chi connectivity index (χ1) is 32.0. The van der Waals surface area contributed by atoms with Crippen molar-refractivity contribution < 1.29 is 43.5 Å². The molecule has 0 radical (unpaired) electrons. The van der Waals surface area contributed by atoms with E-state index in [9.17, 15) is 9.59 Å². The molecule has 66 heavy (non-hydrogen) atoms. The third-order valence-corrected chi connectivity index (χ3v) is 10.8. The molecule has 348 valence electrons. The van der Waals surface area contributed by atoms with E-state index in [1.165, 1.54) is 0 Å². The molecule has 0 aliphatic rings. The molecule has 12 heteroatoms. The molecule has 2 N–H and O–H groups in total. The second-order valence-electron chi connectivity index (χ2n) is 15.5. The number of ether oxygens (including phenoxy) is 5. The van der Waals surface area contributed by atoms with Gasteiger partial charge >= 0.3 is 11.9 Å². The van der Waals surface area contributed by atoms with E-state index < -0.39 is 11.9 Å². The lowest BCUT2D eigenvalue weighted by molar-refractivity contribution is -0.140. The van der Waals surface area contributed by atoms with Crippen molar-refractivity contribution in [3.63, 3.8) is 0 Å². The number of halogens is 1. The summed E-state index contributed by atoms with van der Waals surface area (Å²) in [5, 5.41) is 18.5. The van der Waals surface area contributed by atoms with Gasteiger partial charge < -0.3 is 33.9 Å². The number of pyridine rings is 2. The van der Waals surface area contributed by atoms with Gasteiger partial charge in [-0.15, -0.1) is 0 Å². The van der Waals surface area contributed by atoms with Crippen molar-refractivity contribution >= 4 is 23.5 Å². The highest BCUT2D eigenvalue weighted by Gasteiger charge is 2.19. The molecule has 11 nitrogen and oxygen atoms in total. The van der Waals surface area contributed by atoms with Crippen LogP contribution in [0.1, 0.15) is 108 Å². The van der Waals surface area contributed by atoms with Crippen LogP contribution in [-0.2, 0) is 22.4 Å². The number of aliphatic carboxylic acids is 2. The van der Waals surface area contributed by atoms with Gasteiger partial charge in [0.2, 0.25) is 0 Å². The number of nitrogens with zero attached hydrogens (tertiary/aromatic N) is 2. The Morgan fingerprint density at radius 3 is 1.36 bits per heavy atom. The fourth-order valence-corrected chi connectivity index (χ4v) is 7.23. The minimum absolute atomic E-state index is 0.196. The molecule has 6 rings (SSSR count). The van der Waals surface area contributed by atoms with Crippen LogP contribution in [0.5, 0.6) is 28.7 Å². The number of aromatic nitrogens is 2. The van der Waals surface area contributed by atoms with Gasteiger partial charge in [0.25, 0.3) is 0 Å². The summed E-state index contributed by atoms with van der Waals surface area (Å²) in [5.41, 5.74) is 7.34. The van der Waals surface area contributed by atoms with E-state index in [-0.39, 0.29) is 25.4 Å². The molecule has 0 amide bonds. The molecule has 6 aromatic rings. The number of unbranched alkanes of at least 4 members (excludes halogenated alkanes) is 2. The summed E-state index contributed by atoms with van der Waals surface area (Å²) in [6.45, 7) is 10.2. The quantitative estimate of drug-likeness (QED) is 0.0598. The van der Waals surface area contributed by atoms with E-state index in [2.05, 4.69) is 13.8 Å². The van der Waals surface area contributed by atoms with E-state index in [0.29, 0.717) is 47.5 Å². The van der Waals surface area contributed by atoms with Gasteiger partial charge in [-0.2, -0.15) is 0 Å². The first kappa shape index (κ1) is 50.4. The summed E-state index contributed by atoms with van der Waals surface area (Å²) < 4.78 is 29.1. The standard InChI is InChI=1S/C28H33NO5.C26H28ClNO4/c1-4-7-11-27(34-23-16-17-26(20(5-2)18-23)33-19-28(30)31)25-10-8-9-24(29-25)21-12-14-22(15-13-21)32-6-3;1-3-5-9-25(23-8-6-7-22(28-23)19-10-12-20(27)13-11-19)32-21-14-15-24(18(4-2)16-21)31-17-26(29)30/h8-10,12-18,27H,4-7,11,19H2,1-3H3,(H,30,31);6-8,10-16,25H,3-5,9,17H2,1-2H3,(H,29,30). The van der Waals surface area contributed by atoms with Gasteiger partial charge in [0.05, 0.1) is 29.4 Å². The maximum atomic E-state index is 10.9. The van der Waals surface area contributed by atoms with E-state index >= 15 is 0 Å². The zero-order valence-corrected chi connectivity index (χ0v) is 39.3. The lowest BCUT2D eigenvalue weighted by Crippen LogP contribution is -2.12. The Morgan fingerprint density at radius 2 is 0.970 bits per heavy atom. The molecule has 0 bridgehead atoms. The van der Waals surface area contributed by atoms with Crippen LogP contribution in [0.4, 0.5) is 0 Å². The van der Waals surface area contributed by atoms with Crippen LogP contribution in [0, 0.1) is 0 Å². The van der Waals surface area contributed by atoms with E-state index in [0.717, 1.165) is 89.3 Å². The second-order valence-corrected chi connectivity index (χ2v) is 15.9.